The van der Waals surface area contributed by atoms with E-state index < -0.39 is 5.97 Å². The van der Waals surface area contributed by atoms with Gasteiger partial charge in [-0.3, -0.25) is 0 Å². The highest BCUT2D eigenvalue weighted by Crippen LogP contribution is 2.14. The molecule has 0 amide bonds. The maximum Gasteiger partial charge on any atom is 0.336 e. The standard InChI is InChI=1S/C17H15NO4/c1-21-16-4-2-3-13(11-16)7-10-17(19)22-15-8-5-14(6-9-15)12-18-20/h2-12,20H,1H3/b10-7?,18-12+. The smallest absolute Gasteiger partial charge is 0.336 e. The second-order valence-electron chi connectivity index (χ2n) is 4.34. The van der Waals surface area contributed by atoms with E-state index in [1.165, 1.54) is 12.3 Å². The molecule has 0 fully saturated rings. The number of ether oxygens (including phenoxy) is 2. The molecule has 5 nitrogen and oxygen atoms in total. The van der Waals surface area contributed by atoms with E-state index in [4.69, 9.17) is 14.7 Å². The summed E-state index contributed by atoms with van der Waals surface area (Å²) in [6.07, 6.45) is 4.28. The SMILES string of the molecule is COc1cccc(C=CC(=O)Oc2ccc(/C=N/O)cc2)c1. The topological polar surface area (TPSA) is 68.1 Å². The van der Waals surface area contributed by atoms with Crippen LogP contribution in [0.5, 0.6) is 11.5 Å². The van der Waals surface area contributed by atoms with Gasteiger partial charge in [-0.15, -0.1) is 0 Å². The van der Waals surface area contributed by atoms with Crippen molar-refractivity contribution in [2.24, 2.45) is 5.16 Å². The van der Waals surface area contributed by atoms with Gasteiger partial charge in [0.25, 0.3) is 0 Å². The van der Waals surface area contributed by atoms with Crippen LogP contribution in [0, 0.1) is 0 Å². The molecule has 5 heteroatoms. The van der Waals surface area contributed by atoms with Crippen molar-refractivity contribution in [1.29, 1.82) is 0 Å². The first-order valence-corrected chi connectivity index (χ1v) is 6.53. The predicted octanol–water partition coefficient (Wildman–Crippen LogP) is 3.12. The van der Waals surface area contributed by atoms with Crippen molar-refractivity contribution >= 4 is 18.3 Å². The molecule has 0 spiro atoms. The lowest BCUT2D eigenvalue weighted by atomic mass is 10.2. The average Bonchev–Trinajstić information content (AvgIpc) is 2.55. The molecule has 2 aromatic carbocycles. The molecule has 22 heavy (non-hydrogen) atoms. The summed E-state index contributed by atoms with van der Waals surface area (Å²) < 4.78 is 10.3. The molecule has 2 rings (SSSR count). The van der Waals surface area contributed by atoms with Crippen LogP contribution in [-0.2, 0) is 4.79 Å². The van der Waals surface area contributed by atoms with Crippen LogP contribution in [0.15, 0.2) is 59.8 Å². The third-order valence-electron chi connectivity index (χ3n) is 2.81. The molecule has 0 radical (unpaired) electrons. The van der Waals surface area contributed by atoms with Crippen LogP contribution in [0.3, 0.4) is 0 Å². The summed E-state index contributed by atoms with van der Waals surface area (Å²) in [6, 6.07) is 13.9. The van der Waals surface area contributed by atoms with Crippen LogP contribution < -0.4 is 9.47 Å². The largest absolute Gasteiger partial charge is 0.497 e. The monoisotopic (exact) mass is 297 g/mol. The summed E-state index contributed by atoms with van der Waals surface area (Å²) in [7, 11) is 1.59. The minimum atomic E-state index is -0.480. The van der Waals surface area contributed by atoms with Gasteiger partial charge in [-0.05, 0) is 53.6 Å². The number of rotatable bonds is 5. The summed E-state index contributed by atoms with van der Waals surface area (Å²) in [6.45, 7) is 0. The molecular weight excluding hydrogens is 282 g/mol. The molecule has 112 valence electrons. The van der Waals surface area contributed by atoms with Crippen LogP contribution >= 0.6 is 0 Å². The number of carbonyl (C=O) groups excluding carboxylic acids is 1. The highest BCUT2D eigenvalue weighted by atomic mass is 16.5. The van der Waals surface area contributed by atoms with Crippen LogP contribution in [0.25, 0.3) is 6.08 Å². The molecule has 0 aliphatic rings. The van der Waals surface area contributed by atoms with Crippen molar-refractivity contribution in [2.75, 3.05) is 7.11 Å². The highest BCUT2D eigenvalue weighted by molar-refractivity contribution is 5.89. The molecule has 0 unspecified atom stereocenters. The molecule has 0 bridgehead atoms. The van der Waals surface area contributed by atoms with Crippen molar-refractivity contribution in [1.82, 2.24) is 0 Å². The normalized spacial score (nSPS) is 11.0. The summed E-state index contributed by atoms with van der Waals surface area (Å²) in [4.78, 5) is 11.7. The Labute approximate surface area is 128 Å². The van der Waals surface area contributed by atoms with E-state index >= 15 is 0 Å². The minimum absolute atomic E-state index is 0.412. The Hall–Kier alpha value is -3.08. The Morgan fingerprint density at radius 3 is 2.55 bits per heavy atom. The maximum absolute atomic E-state index is 11.7. The van der Waals surface area contributed by atoms with Gasteiger partial charge in [-0.2, -0.15) is 0 Å². The van der Waals surface area contributed by atoms with Gasteiger partial charge in [-0.25, -0.2) is 4.79 Å². The van der Waals surface area contributed by atoms with E-state index in [2.05, 4.69) is 5.16 Å². The number of methoxy groups -OCH3 is 1. The Kier molecular flexibility index (Phi) is 5.31. The molecule has 2 aromatic rings. The Morgan fingerprint density at radius 2 is 1.86 bits per heavy atom. The van der Waals surface area contributed by atoms with Crippen molar-refractivity contribution in [3.05, 3.63) is 65.7 Å². The van der Waals surface area contributed by atoms with Crippen LogP contribution in [0.1, 0.15) is 11.1 Å². The number of hydrogen-bond donors (Lipinski definition) is 1. The van der Waals surface area contributed by atoms with E-state index in [1.54, 1.807) is 37.5 Å². The van der Waals surface area contributed by atoms with Gasteiger partial charge >= 0.3 is 5.97 Å². The van der Waals surface area contributed by atoms with E-state index in [0.717, 1.165) is 11.3 Å². The lowest BCUT2D eigenvalue weighted by Gasteiger charge is -2.02. The van der Waals surface area contributed by atoms with Crippen molar-refractivity contribution < 1.29 is 19.5 Å². The number of nitrogens with zero attached hydrogens (tertiary/aromatic N) is 1. The zero-order chi connectivity index (χ0) is 15.8. The first-order chi connectivity index (χ1) is 10.7. The van der Waals surface area contributed by atoms with Crippen LogP contribution in [0.4, 0.5) is 0 Å². The fourth-order valence-electron chi connectivity index (χ4n) is 1.75. The van der Waals surface area contributed by atoms with Crippen LogP contribution in [0.2, 0.25) is 0 Å². The molecule has 0 aromatic heterocycles. The fraction of sp³-hybridized carbons (Fsp3) is 0.0588. The van der Waals surface area contributed by atoms with E-state index in [1.807, 2.05) is 24.3 Å². The number of esters is 1. The molecule has 1 N–H and O–H groups in total. The first kappa shape index (κ1) is 15.3. The van der Waals surface area contributed by atoms with Crippen molar-refractivity contribution in [2.45, 2.75) is 0 Å². The van der Waals surface area contributed by atoms with Gasteiger partial charge in [0, 0.05) is 6.08 Å². The number of hydrogen-bond acceptors (Lipinski definition) is 5. The van der Waals surface area contributed by atoms with E-state index in [-0.39, 0.29) is 0 Å². The molecule has 0 saturated carbocycles. The van der Waals surface area contributed by atoms with E-state index in [9.17, 15) is 4.79 Å². The summed E-state index contributed by atoms with van der Waals surface area (Å²) in [5.41, 5.74) is 1.54. The van der Waals surface area contributed by atoms with Crippen molar-refractivity contribution in [3.8, 4) is 11.5 Å². The highest BCUT2D eigenvalue weighted by Gasteiger charge is 2.01. The zero-order valence-electron chi connectivity index (χ0n) is 12.0. The Balaban J connectivity index is 1.98. The third kappa shape index (κ3) is 4.49. The molecular formula is C17H15NO4. The molecule has 0 aliphatic carbocycles. The maximum atomic E-state index is 11.7. The molecule has 0 heterocycles. The molecule has 0 saturated heterocycles. The first-order valence-electron chi connectivity index (χ1n) is 6.53. The summed E-state index contributed by atoms with van der Waals surface area (Å²) >= 11 is 0. The van der Waals surface area contributed by atoms with Gasteiger partial charge in [0.2, 0.25) is 0 Å². The fourth-order valence-corrected chi connectivity index (χ4v) is 1.75. The summed E-state index contributed by atoms with van der Waals surface area (Å²) in [5.74, 6) is 0.651. The average molecular weight is 297 g/mol. The summed E-state index contributed by atoms with van der Waals surface area (Å²) in [5, 5.41) is 11.3. The van der Waals surface area contributed by atoms with Gasteiger partial charge in [-0.1, -0.05) is 17.3 Å². The Morgan fingerprint density at radius 1 is 1.09 bits per heavy atom. The third-order valence-corrected chi connectivity index (χ3v) is 2.81. The van der Waals surface area contributed by atoms with E-state index in [0.29, 0.717) is 11.3 Å². The number of benzene rings is 2. The van der Waals surface area contributed by atoms with Gasteiger partial charge in [0.15, 0.2) is 0 Å². The Bertz CT molecular complexity index is 690. The second-order valence-corrected chi connectivity index (χ2v) is 4.34. The lowest BCUT2D eigenvalue weighted by Crippen LogP contribution is -2.03. The quantitative estimate of drug-likeness (QED) is 0.230. The number of carbonyl (C=O) groups is 1. The molecule has 0 atom stereocenters. The predicted molar refractivity (Wildman–Crippen MR) is 83.5 cm³/mol. The van der Waals surface area contributed by atoms with Gasteiger partial charge in [0.05, 0.1) is 13.3 Å². The van der Waals surface area contributed by atoms with Crippen LogP contribution in [-0.4, -0.2) is 24.5 Å². The second kappa shape index (κ2) is 7.64. The van der Waals surface area contributed by atoms with Crippen molar-refractivity contribution in [3.63, 3.8) is 0 Å². The van der Waals surface area contributed by atoms with Gasteiger partial charge < -0.3 is 14.7 Å². The number of oxime groups is 1. The molecule has 0 aliphatic heterocycles. The van der Waals surface area contributed by atoms with Gasteiger partial charge in [0.1, 0.15) is 11.5 Å². The zero-order valence-corrected chi connectivity index (χ0v) is 12.0. The minimum Gasteiger partial charge on any atom is -0.497 e. The lowest BCUT2D eigenvalue weighted by molar-refractivity contribution is -0.128.